The third-order valence-electron chi connectivity index (χ3n) is 4.20. The maximum absolute atomic E-state index is 13.0. The van der Waals surface area contributed by atoms with Gasteiger partial charge in [0.25, 0.3) is 0 Å². The Labute approximate surface area is 135 Å². The predicted molar refractivity (Wildman–Crippen MR) is 85.1 cm³/mol. The Morgan fingerprint density at radius 3 is 2.48 bits per heavy atom. The number of rotatable bonds is 4. The highest BCUT2D eigenvalue weighted by molar-refractivity contribution is 6.13. The second kappa shape index (κ2) is 5.88. The normalized spacial score (nSPS) is 20.5. The van der Waals surface area contributed by atoms with Gasteiger partial charge in [-0.25, -0.2) is 4.79 Å². The first kappa shape index (κ1) is 15.3. The molecule has 0 spiro atoms. The van der Waals surface area contributed by atoms with Crippen LogP contribution in [0, 0.1) is 0 Å². The van der Waals surface area contributed by atoms with E-state index in [1.165, 1.54) is 0 Å². The van der Waals surface area contributed by atoms with Crippen LogP contribution in [0.5, 0.6) is 5.75 Å². The van der Waals surface area contributed by atoms with Crippen molar-refractivity contribution >= 4 is 11.9 Å². The van der Waals surface area contributed by atoms with Gasteiger partial charge in [-0.2, -0.15) is 0 Å². The monoisotopic (exact) mass is 310 g/mol. The van der Waals surface area contributed by atoms with Gasteiger partial charge in [0.2, 0.25) is 5.41 Å². The van der Waals surface area contributed by atoms with Crippen molar-refractivity contribution in [1.82, 2.24) is 0 Å². The van der Waals surface area contributed by atoms with Gasteiger partial charge < -0.3 is 9.47 Å². The van der Waals surface area contributed by atoms with Crippen LogP contribution < -0.4 is 4.74 Å². The van der Waals surface area contributed by atoms with Gasteiger partial charge >= 0.3 is 11.9 Å². The Kier molecular flexibility index (Phi) is 3.90. The zero-order valence-corrected chi connectivity index (χ0v) is 13.1. The SMILES string of the molecule is CCC(C)OC(=O)C1(c2ccccc2)C(=O)Oc2ccccc21. The lowest BCUT2D eigenvalue weighted by Crippen LogP contribution is -2.45. The first-order valence-corrected chi connectivity index (χ1v) is 7.69. The summed E-state index contributed by atoms with van der Waals surface area (Å²) in [6.07, 6.45) is 0.400. The number of hydrogen-bond donors (Lipinski definition) is 0. The van der Waals surface area contributed by atoms with Crippen LogP contribution in [0.15, 0.2) is 54.6 Å². The van der Waals surface area contributed by atoms with Crippen molar-refractivity contribution in [1.29, 1.82) is 0 Å². The molecule has 1 heterocycles. The fourth-order valence-corrected chi connectivity index (χ4v) is 2.78. The zero-order valence-electron chi connectivity index (χ0n) is 13.1. The summed E-state index contributed by atoms with van der Waals surface area (Å²) in [6.45, 7) is 3.73. The first-order chi connectivity index (χ1) is 11.1. The highest BCUT2D eigenvalue weighted by Crippen LogP contribution is 2.45. The van der Waals surface area contributed by atoms with Crippen LogP contribution in [0.3, 0.4) is 0 Å². The summed E-state index contributed by atoms with van der Waals surface area (Å²) >= 11 is 0. The molecule has 0 aromatic heterocycles. The maximum atomic E-state index is 13.0. The summed E-state index contributed by atoms with van der Waals surface area (Å²) in [5.74, 6) is -0.798. The lowest BCUT2D eigenvalue weighted by Gasteiger charge is -2.26. The smallest absolute Gasteiger partial charge is 0.338 e. The number of fused-ring (bicyclic) bond motifs is 1. The molecular formula is C19H18O4. The van der Waals surface area contributed by atoms with Crippen molar-refractivity contribution in [2.24, 2.45) is 0 Å². The van der Waals surface area contributed by atoms with Gasteiger partial charge in [0, 0.05) is 5.56 Å². The number of ether oxygens (including phenoxy) is 2. The van der Waals surface area contributed by atoms with Crippen LogP contribution in [0.2, 0.25) is 0 Å². The Morgan fingerprint density at radius 2 is 1.78 bits per heavy atom. The number of esters is 2. The van der Waals surface area contributed by atoms with E-state index in [4.69, 9.17) is 9.47 Å². The van der Waals surface area contributed by atoms with Crippen LogP contribution in [-0.2, 0) is 19.7 Å². The molecule has 0 bridgehead atoms. The Morgan fingerprint density at radius 1 is 1.13 bits per heavy atom. The molecule has 118 valence electrons. The van der Waals surface area contributed by atoms with Crippen LogP contribution >= 0.6 is 0 Å². The molecule has 0 saturated heterocycles. The highest BCUT2D eigenvalue weighted by atomic mass is 16.6. The number of carbonyl (C=O) groups excluding carboxylic acids is 2. The first-order valence-electron chi connectivity index (χ1n) is 7.69. The van der Waals surface area contributed by atoms with E-state index in [0.717, 1.165) is 0 Å². The van der Waals surface area contributed by atoms with Crippen LogP contribution in [0.25, 0.3) is 0 Å². The van der Waals surface area contributed by atoms with E-state index in [1.54, 1.807) is 48.5 Å². The van der Waals surface area contributed by atoms with E-state index in [0.29, 0.717) is 23.3 Å². The average molecular weight is 310 g/mol. The van der Waals surface area contributed by atoms with Crippen molar-refractivity contribution in [3.63, 3.8) is 0 Å². The van der Waals surface area contributed by atoms with Crippen molar-refractivity contribution < 1.29 is 19.1 Å². The third-order valence-corrected chi connectivity index (χ3v) is 4.20. The number of benzene rings is 2. The highest BCUT2D eigenvalue weighted by Gasteiger charge is 2.58. The Hall–Kier alpha value is -2.62. The van der Waals surface area contributed by atoms with E-state index in [9.17, 15) is 9.59 Å². The van der Waals surface area contributed by atoms with Crippen molar-refractivity contribution in [2.75, 3.05) is 0 Å². The lowest BCUT2D eigenvalue weighted by atomic mass is 9.75. The fourth-order valence-electron chi connectivity index (χ4n) is 2.78. The predicted octanol–water partition coefficient (Wildman–Crippen LogP) is 3.23. The molecule has 4 heteroatoms. The molecule has 0 fully saturated rings. The summed E-state index contributed by atoms with van der Waals surface area (Å²) in [4.78, 5) is 25.7. The van der Waals surface area contributed by atoms with Gasteiger partial charge in [-0.05, 0) is 25.0 Å². The number of hydrogen-bond acceptors (Lipinski definition) is 4. The number of carbonyl (C=O) groups is 2. The zero-order chi connectivity index (χ0) is 16.4. The van der Waals surface area contributed by atoms with E-state index < -0.39 is 17.4 Å². The third kappa shape index (κ3) is 2.31. The largest absolute Gasteiger partial charge is 0.461 e. The summed E-state index contributed by atoms with van der Waals surface area (Å²) in [5.41, 5.74) is -0.464. The minimum Gasteiger partial charge on any atom is -0.461 e. The molecule has 0 saturated carbocycles. The van der Waals surface area contributed by atoms with Crippen LogP contribution in [0.4, 0.5) is 0 Å². The Balaban J connectivity index is 2.20. The molecule has 3 rings (SSSR count). The van der Waals surface area contributed by atoms with Gasteiger partial charge in [-0.3, -0.25) is 4.79 Å². The minimum atomic E-state index is -1.55. The van der Waals surface area contributed by atoms with Gasteiger partial charge in [0.1, 0.15) is 5.75 Å². The molecule has 1 aliphatic rings. The van der Waals surface area contributed by atoms with Gasteiger partial charge in [-0.15, -0.1) is 0 Å². The quantitative estimate of drug-likeness (QED) is 0.494. The molecule has 1 aliphatic heterocycles. The maximum Gasteiger partial charge on any atom is 0.338 e. The molecule has 2 unspecified atom stereocenters. The molecule has 0 amide bonds. The minimum absolute atomic E-state index is 0.274. The molecule has 0 radical (unpaired) electrons. The molecule has 0 N–H and O–H groups in total. The van der Waals surface area contributed by atoms with E-state index in [1.807, 2.05) is 19.9 Å². The molecule has 2 atom stereocenters. The summed E-state index contributed by atoms with van der Waals surface area (Å²) < 4.78 is 10.9. The molecule has 0 aliphatic carbocycles. The second-order valence-electron chi connectivity index (χ2n) is 5.63. The summed E-state index contributed by atoms with van der Waals surface area (Å²) in [6, 6.07) is 15.9. The van der Waals surface area contributed by atoms with Crippen molar-refractivity contribution in [3.8, 4) is 5.75 Å². The van der Waals surface area contributed by atoms with E-state index in [2.05, 4.69) is 0 Å². The van der Waals surface area contributed by atoms with E-state index in [-0.39, 0.29) is 6.10 Å². The standard InChI is InChI=1S/C19H18O4/c1-3-13(2)22-17(20)19(14-9-5-4-6-10-14)15-11-7-8-12-16(15)23-18(19)21/h4-13H,3H2,1-2H3. The molecule has 2 aromatic carbocycles. The van der Waals surface area contributed by atoms with E-state index >= 15 is 0 Å². The Bertz CT molecular complexity index is 738. The lowest BCUT2D eigenvalue weighted by molar-refractivity contribution is -0.159. The molecular weight excluding hydrogens is 292 g/mol. The summed E-state index contributed by atoms with van der Waals surface area (Å²) in [5, 5.41) is 0. The van der Waals surface area contributed by atoms with Gasteiger partial charge in [0.15, 0.2) is 0 Å². The van der Waals surface area contributed by atoms with Crippen molar-refractivity contribution in [2.45, 2.75) is 31.8 Å². The fraction of sp³-hybridized carbons (Fsp3) is 0.263. The molecule has 23 heavy (non-hydrogen) atoms. The molecule has 2 aromatic rings. The molecule has 4 nitrogen and oxygen atoms in total. The topological polar surface area (TPSA) is 52.6 Å². The van der Waals surface area contributed by atoms with Gasteiger partial charge in [0.05, 0.1) is 6.10 Å². The summed E-state index contributed by atoms with van der Waals surface area (Å²) in [7, 11) is 0. The number of para-hydroxylation sites is 1. The van der Waals surface area contributed by atoms with Crippen LogP contribution in [0.1, 0.15) is 31.4 Å². The van der Waals surface area contributed by atoms with Crippen molar-refractivity contribution in [3.05, 3.63) is 65.7 Å². The second-order valence-corrected chi connectivity index (χ2v) is 5.63. The van der Waals surface area contributed by atoms with Crippen LogP contribution in [-0.4, -0.2) is 18.0 Å². The average Bonchev–Trinajstić information content (AvgIpc) is 2.88. The van der Waals surface area contributed by atoms with Gasteiger partial charge in [-0.1, -0.05) is 55.5 Å².